The molecule has 29 heavy (non-hydrogen) atoms. The van der Waals surface area contributed by atoms with E-state index in [2.05, 4.69) is 58.5 Å². The van der Waals surface area contributed by atoms with Crippen LogP contribution >= 0.6 is 12.4 Å². The van der Waals surface area contributed by atoms with Gasteiger partial charge in [-0.15, -0.1) is 12.4 Å². The quantitative estimate of drug-likeness (QED) is 0.633. The largest absolute Gasteiger partial charge is 0.242 e. The van der Waals surface area contributed by atoms with E-state index in [1.807, 2.05) is 0 Å². The van der Waals surface area contributed by atoms with Crippen molar-refractivity contribution in [1.29, 1.82) is 0 Å². The van der Waals surface area contributed by atoms with Crippen LogP contribution in [0.3, 0.4) is 0 Å². The Bertz CT molecular complexity index is 802. The van der Waals surface area contributed by atoms with Crippen LogP contribution in [-0.2, 0) is 23.7 Å². The highest BCUT2D eigenvalue weighted by molar-refractivity contribution is 5.85. The summed E-state index contributed by atoms with van der Waals surface area (Å²) in [6.45, 7) is 4.99. The number of fused-ring (bicyclic) bond motifs is 4. The molecule has 0 saturated carbocycles. The molecule has 2 aliphatic carbocycles. The SMILES string of the molecule is Cl.c1ccc2c(c1)CCC21CCN(N2CCC3(CCc4ccccc43)CC2)CC1. The summed E-state index contributed by atoms with van der Waals surface area (Å²) in [7, 11) is 0. The van der Waals surface area contributed by atoms with Gasteiger partial charge in [0.1, 0.15) is 0 Å². The van der Waals surface area contributed by atoms with Crippen LogP contribution in [0.4, 0.5) is 0 Å². The lowest BCUT2D eigenvalue weighted by molar-refractivity contribution is -0.0778. The van der Waals surface area contributed by atoms with Crippen molar-refractivity contribution in [2.75, 3.05) is 26.2 Å². The number of rotatable bonds is 1. The highest BCUT2D eigenvalue weighted by Crippen LogP contribution is 2.48. The first kappa shape index (κ1) is 19.6. The van der Waals surface area contributed by atoms with Gasteiger partial charge in [0.2, 0.25) is 0 Å². The van der Waals surface area contributed by atoms with Gasteiger partial charge >= 0.3 is 0 Å². The Hall–Kier alpha value is -1.35. The summed E-state index contributed by atoms with van der Waals surface area (Å²) in [5, 5.41) is 5.42. The molecule has 0 N–H and O–H groups in total. The van der Waals surface area contributed by atoms with E-state index in [9.17, 15) is 0 Å². The third-order valence-corrected chi connectivity index (χ3v) is 8.72. The average molecular weight is 409 g/mol. The van der Waals surface area contributed by atoms with Crippen molar-refractivity contribution in [2.45, 2.75) is 62.2 Å². The summed E-state index contributed by atoms with van der Waals surface area (Å²) in [6, 6.07) is 18.5. The fourth-order valence-corrected chi connectivity index (χ4v) is 6.98. The van der Waals surface area contributed by atoms with E-state index in [-0.39, 0.29) is 12.4 Å². The van der Waals surface area contributed by atoms with Gasteiger partial charge in [0.25, 0.3) is 0 Å². The molecule has 3 heteroatoms. The van der Waals surface area contributed by atoms with Crippen molar-refractivity contribution in [3.05, 3.63) is 70.8 Å². The number of hydrogen-bond donors (Lipinski definition) is 0. The van der Waals surface area contributed by atoms with Gasteiger partial charge in [-0.3, -0.25) is 0 Å². The Morgan fingerprint density at radius 3 is 1.31 bits per heavy atom. The standard InChI is InChI=1S/C26H32N2.ClH/c1-3-7-23-21(5-1)9-11-25(23)13-17-27(18-14-25)28-19-15-26(16-20-28)12-10-22-6-2-4-8-24(22)26;/h1-8H,9-20H2;1H. The second-order valence-electron chi connectivity index (χ2n) is 9.78. The molecule has 2 nitrogen and oxygen atoms in total. The molecule has 2 aromatic carbocycles. The summed E-state index contributed by atoms with van der Waals surface area (Å²) >= 11 is 0. The monoisotopic (exact) mass is 408 g/mol. The van der Waals surface area contributed by atoms with Crippen molar-refractivity contribution in [3.8, 4) is 0 Å². The van der Waals surface area contributed by atoms with Crippen LogP contribution in [0.1, 0.15) is 60.8 Å². The molecule has 2 aliphatic heterocycles. The van der Waals surface area contributed by atoms with Gasteiger partial charge in [-0.05, 0) is 84.5 Å². The molecule has 0 radical (unpaired) electrons. The summed E-state index contributed by atoms with van der Waals surface area (Å²) < 4.78 is 0. The molecule has 2 heterocycles. The predicted molar refractivity (Wildman–Crippen MR) is 122 cm³/mol. The van der Waals surface area contributed by atoms with Gasteiger partial charge < -0.3 is 0 Å². The summed E-state index contributed by atoms with van der Waals surface area (Å²) in [4.78, 5) is 0. The second-order valence-corrected chi connectivity index (χ2v) is 9.78. The topological polar surface area (TPSA) is 6.48 Å². The van der Waals surface area contributed by atoms with E-state index in [1.165, 1.54) is 77.5 Å². The highest BCUT2D eigenvalue weighted by atomic mass is 35.5. The first-order valence-corrected chi connectivity index (χ1v) is 11.4. The zero-order chi connectivity index (χ0) is 18.6. The normalized spacial score (nSPS) is 25.0. The van der Waals surface area contributed by atoms with Crippen molar-refractivity contribution >= 4 is 12.4 Å². The number of hydrazine groups is 1. The lowest BCUT2D eigenvalue weighted by Gasteiger charge is -2.48. The second kappa shape index (κ2) is 7.41. The minimum absolute atomic E-state index is 0. The highest BCUT2D eigenvalue weighted by Gasteiger charge is 2.44. The summed E-state index contributed by atoms with van der Waals surface area (Å²) in [5.41, 5.74) is 7.55. The lowest BCUT2D eigenvalue weighted by atomic mass is 9.73. The zero-order valence-electron chi connectivity index (χ0n) is 17.4. The van der Waals surface area contributed by atoms with Crippen LogP contribution in [0.5, 0.6) is 0 Å². The van der Waals surface area contributed by atoms with Crippen molar-refractivity contribution in [2.24, 2.45) is 0 Å². The molecule has 0 atom stereocenters. The number of halogens is 1. The molecule has 2 fully saturated rings. The fourth-order valence-electron chi connectivity index (χ4n) is 6.98. The number of benzene rings is 2. The maximum atomic E-state index is 2.71. The van der Waals surface area contributed by atoms with Gasteiger partial charge in [0, 0.05) is 26.2 Å². The predicted octanol–water partition coefficient (Wildman–Crippen LogP) is 5.28. The molecule has 6 rings (SSSR count). The van der Waals surface area contributed by atoms with Crippen molar-refractivity contribution in [3.63, 3.8) is 0 Å². The summed E-state index contributed by atoms with van der Waals surface area (Å²) in [6.07, 6.45) is 10.7. The third kappa shape index (κ3) is 3.07. The van der Waals surface area contributed by atoms with E-state index in [4.69, 9.17) is 0 Å². The fraction of sp³-hybridized carbons (Fsp3) is 0.538. The smallest absolute Gasteiger partial charge is 0.0141 e. The number of nitrogens with zero attached hydrogens (tertiary/aromatic N) is 2. The number of aryl methyl sites for hydroxylation is 2. The van der Waals surface area contributed by atoms with Gasteiger partial charge in [-0.2, -0.15) is 0 Å². The molecule has 154 valence electrons. The van der Waals surface area contributed by atoms with E-state index < -0.39 is 0 Å². The molecular weight excluding hydrogens is 376 g/mol. The van der Waals surface area contributed by atoms with Gasteiger partial charge in [0.15, 0.2) is 0 Å². The van der Waals surface area contributed by atoms with E-state index in [0.29, 0.717) is 10.8 Å². The lowest BCUT2D eigenvalue weighted by Crippen LogP contribution is -2.54. The Morgan fingerprint density at radius 2 is 0.897 bits per heavy atom. The summed E-state index contributed by atoms with van der Waals surface area (Å²) in [5.74, 6) is 0. The molecule has 4 aliphatic rings. The minimum atomic E-state index is 0. The molecule has 0 amide bonds. The van der Waals surface area contributed by atoms with Gasteiger partial charge in [-0.25, -0.2) is 10.0 Å². The Kier molecular flexibility index (Phi) is 5.01. The van der Waals surface area contributed by atoms with Crippen LogP contribution in [0, 0.1) is 0 Å². The van der Waals surface area contributed by atoms with Gasteiger partial charge in [-0.1, -0.05) is 48.5 Å². The molecule has 2 saturated heterocycles. The molecule has 0 unspecified atom stereocenters. The first-order chi connectivity index (χ1) is 13.8. The number of hydrogen-bond acceptors (Lipinski definition) is 2. The van der Waals surface area contributed by atoms with E-state index in [1.54, 1.807) is 22.3 Å². The van der Waals surface area contributed by atoms with E-state index >= 15 is 0 Å². The molecule has 0 aromatic heterocycles. The maximum absolute atomic E-state index is 2.71. The average Bonchev–Trinajstić information content (AvgIpc) is 3.30. The first-order valence-electron chi connectivity index (χ1n) is 11.4. The van der Waals surface area contributed by atoms with Crippen LogP contribution < -0.4 is 0 Å². The molecule has 2 aromatic rings. The number of piperidine rings is 2. The maximum Gasteiger partial charge on any atom is 0.0141 e. The Morgan fingerprint density at radius 1 is 0.517 bits per heavy atom. The Labute approximate surface area is 181 Å². The van der Waals surface area contributed by atoms with Gasteiger partial charge in [0.05, 0.1) is 0 Å². The van der Waals surface area contributed by atoms with E-state index in [0.717, 1.165) is 0 Å². The van der Waals surface area contributed by atoms with Crippen molar-refractivity contribution in [1.82, 2.24) is 10.0 Å². The molecular formula is C26H33ClN2. The van der Waals surface area contributed by atoms with Crippen LogP contribution in [0.15, 0.2) is 48.5 Å². The van der Waals surface area contributed by atoms with Crippen LogP contribution in [0.2, 0.25) is 0 Å². The zero-order valence-corrected chi connectivity index (χ0v) is 18.2. The minimum Gasteiger partial charge on any atom is -0.242 e. The van der Waals surface area contributed by atoms with Crippen LogP contribution in [-0.4, -0.2) is 36.2 Å². The van der Waals surface area contributed by atoms with Crippen molar-refractivity contribution < 1.29 is 0 Å². The Balaban J connectivity index is 0.00000181. The third-order valence-electron chi connectivity index (χ3n) is 8.72. The molecule has 2 spiro atoms. The van der Waals surface area contributed by atoms with Crippen LogP contribution in [0.25, 0.3) is 0 Å². The molecule has 0 bridgehead atoms.